The first-order valence-electron chi connectivity index (χ1n) is 5.65. The van der Waals surface area contributed by atoms with Crippen molar-refractivity contribution in [1.82, 2.24) is 5.32 Å². The lowest BCUT2D eigenvalue weighted by Crippen LogP contribution is -2.13. The second-order valence-corrected chi connectivity index (χ2v) is 4.80. The van der Waals surface area contributed by atoms with Crippen LogP contribution in [-0.2, 0) is 0 Å². The molecule has 0 spiro atoms. The molecule has 1 aromatic rings. The number of benzene rings is 1. The Morgan fingerprint density at radius 3 is 2.76 bits per heavy atom. The average molecular weight is 272 g/mol. The van der Waals surface area contributed by atoms with Gasteiger partial charge in [-0.3, -0.25) is 0 Å². The molecule has 0 unspecified atom stereocenters. The van der Waals surface area contributed by atoms with Crippen LogP contribution in [-0.4, -0.2) is 20.2 Å². The molecular weight excluding hydrogens is 257 g/mol. The van der Waals surface area contributed by atoms with Gasteiger partial charge in [0, 0.05) is 6.07 Å². The smallest absolute Gasteiger partial charge is 0.138 e. The third kappa shape index (κ3) is 2.95. The molecule has 1 heterocycles. The first kappa shape index (κ1) is 12.7. The van der Waals surface area contributed by atoms with Crippen LogP contribution in [0.4, 0.5) is 0 Å². The minimum atomic E-state index is 0.602. The standard InChI is InChI=1S/C13H15Cl2NO/c1-17-13-8-11(14)10(7-12(13)15)9-3-2-5-16-6-4-9/h3,7-8,16H,2,4-6H2,1H3. The second-order valence-electron chi connectivity index (χ2n) is 3.98. The van der Waals surface area contributed by atoms with E-state index in [4.69, 9.17) is 27.9 Å². The van der Waals surface area contributed by atoms with Crippen LogP contribution in [0.25, 0.3) is 5.57 Å². The van der Waals surface area contributed by atoms with Gasteiger partial charge in [-0.2, -0.15) is 0 Å². The molecule has 0 amide bonds. The van der Waals surface area contributed by atoms with E-state index in [9.17, 15) is 0 Å². The first-order valence-corrected chi connectivity index (χ1v) is 6.41. The van der Waals surface area contributed by atoms with Gasteiger partial charge < -0.3 is 10.1 Å². The molecule has 17 heavy (non-hydrogen) atoms. The minimum Gasteiger partial charge on any atom is -0.495 e. The Morgan fingerprint density at radius 1 is 1.18 bits per heavy atom. The van der Waals surface area contributed by atoms with E-state index in [1.165, 1.54) is 5.57 Å². The summed E-state index contributed by atoms with van der Waals surface area (Å²) < 4.78 is 5.14. The van der Waals surface area contributed by atoms with Crippen LogP contribution in [0.15, 0.2) is 18.2 Å². The summed E-state index contributed by atoms with van der Waals surface area (Å²) in [5, 5.41) is 4.65. The fourth-order valence-electron chi connectivity index (χ4n) is 1.97. The summed E-state index contributed by atoms with van der Waals surface area (Å²) >= 11 is 12.4. The van der Waals surface area contributed by atoms with Crippen molar-refractivity contribution in [2.45, 2.75) is 12.8 Å². The van der Waals surface area contributed by atoms with Gasteiger partial charge in [0.05, 0.1) is 17.2 Å². The van der Waals surface area contributed by atoms with Crippen LogP contribution in [0.5, 0.6) is 5.75 Å². The number of nitrogens with one attached hydrogen (secondary N) is 1. The maximum atomic E-state index is 6.27. The molecular formula is C13H15Cl2NO. The van der Waals surface area contributed by atoms with Crippen LogP contribution in [0.2, 0.25) is 10.0 Å². The molecule has 2 nitrogen and oxygen atoms in total. The molecule has 0 bridgehead atoms. The molecule has 1 aliphatic heterocycles. The summed E-state index contributed by atoms with van der Waals surface area (Å²) in [5.41, 5.74) is 2.27. The van der Waals surface area contributed by atoms with Gasteiger partial charge in [-0.15, -0.1) is 0 Å². The first-order chi connectivity index (χ1) is 8.22. The Balaban J connectivity index is 2.37. The quantitative estimate of drug-likeness (QED) is 0.884. The topological polar surface area (TPSA) is 21.3 Å². The average Bonchev–Trinajstić information content (AvgIpc) is 2.60. The van der Waals surface area contributed by atoms with Crippen LogP contribution < -0.4 is 10.1 Å². The van der Waals surface area contributed by atoms with Crippen molar-refractivity contribution in [3.05, 3.63) is 33.8 Å². The van der Waals surface area contributed by atoms with Gasteiger partial charge in [0.1, 0.15) is 5.75 Å². The predicted octanol–water partition coefficient (Wildman–Crippen LogP) is 3.77. The van der Waals surface area contributed by atoms with Gasteiger partial charge in [0.2, 0.25) is 0 Å². The Kier molecular flexibility index (Phi) is 4.32. The summed E-state index contributed by atoms with van der Waals surface area (Å²) in [7, 11) is 1.59. The monoisotopic (exact) mass is 271 g/mol. The van der Waals surface area contributed by atoms with Crippen molar-refractivity contribution in [1.29, 1.82) is 0 Å². The molecule has 2 rings (SSSR count). The molecule has 1 aromatic carbocycles. The number of rotatable bonds is 2. The highest BCUT2D eigenvalue weighted by molar-refractivity contribution is 6.35. The summed E-state index contributed by atoms with van der Waals surface area (Å²) in [5.74, 6) is 0.618. The summed E-state index contributed by atoms with van der Waals surface area (Å²) in [6.45, 7) is 2.00. The lowest BCUT2D eigenvalue weighted by atomic mass is 10.0. The van der Waals surface area contributed by atoms with Crippen LogP contribution >= 0.6 is 23.2 Å². The number of ether oxygens (including phenoxy) is 1. The molecule has 4 heteroatoms. The highest BCUT2D eigenvalue weighted by atomic mass is 35.5. The molecule has 0 atom stereocenters. The van der Waals surface area contributed by atoms with Crippen LogP contribution in [0.1, 0.15) is 18.4 Å². The highest BCUT2D eigenvalue weighted by Crippen LogP contribution is 2.35. The van der Waals surface area contributed by atoms with Crippen molar-refractivity contribution in [2.75, 3.05) is 20.2 Å². The van der Waals surface area contributed by atoms with Gasteiger partial charge >= 0.3 is 0 Å². The Hall–Kier alpha value is -0.700. The minimum absolute atomic E-state index is 0.602. The van der Waals surface area contributed by atoms with E-state index in [1.807, 2.05) is 6.07 Å². The predicted molar refractivity (Wildman–Crippen MR) is 73.1 cm³/mol. The highest BCUT2D eigenvalue weighted by Gasteiger charge is 2.12. The number of hydrogen-bond donors (Lipinski definition) is 1. The van der Waals surface area contributed by atoms with E-state index < -0.39 is 0 Å². The molecule has 1 aliphatic rings. The van der Waals surface area contributed by atoms with Gasteiger partial charge in [0.25, 0.3) is 0 Å². The lowest BCUT2D eigenvalue weighted by molar-refractivity contribution is 0.415. The third-order valence-electron chi connectivity index (χ3n) is 2.87. The molecule has 1 N–H and O–H groups in total. The van der Waals surface area contributed by atoms with E-state index in [0.717, 1.165) is 31.5 Å². The Labute approximate surface area is 112 Å². The molecule has 0 radical (unpaired) electrons. The fourth-order valence-corrected chi connectivity index (χ4v) is 2.49. The number of hydrogen-bond acceptors (Lipinski definition) is 2. The van der Waals surface area contributed by atoms with Crippen molar-refractivity contribution in [2.24, 2.45) is 0 Å². The zero-order valence-electron chi connectivity index (χ0n) is 9.72. The molecule has 0 aromatic heterocycles. The van der Waals surface area contributed by atoms with Gasteiger partial charge in [0.15, 0.2) is 0 Å². The van der Waals surface area contributed by atoms with Crippen molar-refractivity contribution in [3.8, 4) is 5.75 Å². The van der Waals surface area contributed by atoms with Crippen molar-refractivity contribution in [3.63, 3.8) is 0 Å². The summed E-state index contributed by atoms with van der Waals surface area (Å²) in [6, 6.07) is 3.66. The maximum Gasteiger partial charge on any atom is 0.138 e. The van der Waals surface area contributed by atoms with Gasteiger partial charge in [-0.05, 0) is 43.1 Å². The van der Waals surface area contributed by atoms with Crippen LogP contribution in [0.3, 0.4) is 0 Å². The van der Waals surface area contributed by atoms with E-state index in [1.54, 1.807) is 13.2 Å². The van der Waals surface area contributed by atoms with E-state index in [0.29, 0.717) is 15.8 Å². The van der Waals surface area contributed by atoms with E-state index in [2.05, 4.69) is 11.4 Å². The Bertz CT molecular complexity index is 443. The lowest BCUT2D eigenvalue weighted by Gasteiger charge is -2.11. The number of methoxy groups -OCH3 is 1. The summed E-state index contributed by atoms with van der Waals surface area (Å²) in [4.78, 5) is 0. The molecule has 0 saturated heterocycles. The summed E-state index contributed by atoms with van der Waals surface area (Å²) in [6.07, 6.45) is 4.22. The maximum absolute atomic E-state index is 6.27. The van der Waals surface area contributed by atoms with Crippen molar-refractivity contribution >= 4 is 28.8 Å². The largest absolute Gasteiger partial charge is 0.495 e. The molecule has 0 fully saturated rings. The fraction of sp³-hybridized carbons (Fsp3) is 0.385. The SMILES string of the molecule is COc1cc(Cl)c(C2=CCCNCC2)cc1Cl. The third-order valence-corrected chi connectivity index (χ3v) is 3.48. The van der Waals surface area contributed by atoms with E-state index >= 15 is 0 Å². The molecule has 0 saturated carbocycles. The van der Waals surface area contributed by atoms with E-state index in [-0.39, 0.29) is 0 Å². The van der Waals surface area contributed by atoms with Gasteiger partial charge in [-0.25, -0.2) is 0 Å². The Morgan fingerprint density at radius 2 is 2.00 bits per heavy atom. The zero-order valence-corrected chi connectivity index (χ0v) is 11.2. The molecule has 0 aliphatic carbocycles. The van der Waals surface area contributed by atoms with Gasteiger partial charge in [-0.1, -0.05) is 29.3 Å². The van der Waals surface area contributed by atoms with Crippen molar-refractivity contribution < 1.29 is 4.74 Å². The normalized spacial score (nSPS) is 16.3. The number of halogens is 2. The zero-order chi connectivity index (χ0) is 12.3. The molecule has 92 valence electrons. The second kappa shape index (κ2) is 5.76. The van der Waals surface area contributed by atoms with Crippen LogP contribution in [0, 0.1) is 0 Å².